The lowest BCUT2D eigenvalue weighted by Crippen LogP contribution is -2.20. The predicted octanol–water partition coefficient (Wildman–Crippen LogP) is 4.55. The number of unbranched alkanes of at least 4 members (excludes halogenated alkanes) is 2. The van der Waals surface area contributed by atoms with Gasteiger partial charge in [-0.15, -0.1) is 0 Å². The monoisotopic (exact) mass is 298 g/mol. The van der Waals surface area contributed by atoms with Crippen LogP contribution < -0.4 is 10.2 Å². The molecule has 118 valence electrons. The molecule has 4 heteroatoms. The van der Waals surface area contributed by atoms with E-state index in [-0.39, 0.29) is 0 Å². The molecule has 0 radical (unpaired) electrons. The summed E-state index contributed by atoms with van der Waals surface area (Å²) in [6, 6.07) is 12.3. The fourth-order valence-corrected chi connectivity index (χ4v) is 2.40. The fourth-order valence-electron chi connectivity index (χ4n) is 2.40. The molecule has 1 N–H and O–H groups in total. The summed E-state index contributed by atoms with van der Waals surface area (Å²) in [5.74, 6) is 1.67. The second-order valence-electron chi connectivity index (χ2n) is 5.41. The first-order chi connectivity index (χ1) is 10.7. The van der Waals surface area contributed by atoms with Gasteiger partial charge >= 0.3 is 0 Å². The van der Waals surface area contributed by atoms with Crippen molar-refractivity contribution >= 4 is 17.5 Å². The molecular formula is C18H26N4. The van der Waals surface area contributed by atoms with Crippen molar-refractivity contribution in [1.82, 2.24) is 9.97 Å². The zero-order chi connectivity index (χ0) is 15.8. The topological polar surface area (TPSA) is 41.1 Å². The van der Waals surface area contributed by atoms with Gasteiger partial charge in [0.25, 0.3) is 0 Å². The van der Waals surface area contributed by atoms with Crippen LogP contribution in [0.5, 0.6) is 0 Å². The Morgan fingerprint density at radius 3 is 2.50 bits per heavy atom. The molecule has 0 aliphatic heterocycles. The first-order valence-electron chi connectivity index (χ1n) is 8.16. The van der Waals surface area contributed by atoms with Crippen LogP contribution in [0.15, 0.2) is 36.4 Å². The average Bonchev–Trinajstić information content (AvgIpc) is 2.53. The van der Waals surface area contributed by atoms with E-state index in [2.05, 4.69) is 46.2 Å². The number of aryl methyl sites for hydroxylation is 1. The number of nitrogens with one attached hydrogen (secondary N) is 1. The van der Waals surface area contributed by atoms with Gasteiger partial charge in [-0.3, -0.25) is 0 Å². The van der Waals surface area contributed by atoms with Crippen LogP contribution in [-0.2, 0) is 0 Å². The maximum Gasteiger partial charge on any atom is 0.232 e. The van der Waals surface area contributed by atoms with Gasteiger partial charge in [0.15, 0.2) is 0 Å². The third-order valence-electron chi connectivity index (χ3n) is 3.55. The van der Waals surface area contributed by atoms with Gasteiger partial charge in [-0.05, 0) is 32.4 Å². The van der Waals surface area contributed by atoms with E-state index >= 15 is 0 Å². The van der Waals surface area contributed by atoms with E-state index in [1.165, 1.54) is 19.3 Å². The minimum Gasteiger partial charge on any atom is -0.370 e. The van der Waals surface area contributed by atoms with Gasteiger partial charge in [-0.1, -0.05) is 38.0 Å². The number of nitrogens with zero attached hydrogens (tertiary/aromatic N) is 3. The average molecular weight is 298 g/mol. The smallest absolute Gasteiger partial charge is 0.232 e. The van der Waals surface area contributed by atoms with Crippen LogP contribution in [0.25, 0.3) is 0 Å². The van der Waals surface area contributed by atoms with Crippen LogP contribution >= 0.6 is 0 Å². The van der Waals surface area contributed by atoms with Crippen LogP contribution in [0.1, 0.15) is 38.8 Å². The summed E-state index contributed by atoms with van der Waals surface area (Å²) in [6.07, 6.45) is 3.65. The van der Waals surface area contributed by atoms with Crippen LogP contribution in [0.2, 0.25) is 0 Å². The fraction of sp³-hybridized carbons (Fsp3) is 0.444. The van der Waals surface area contributed by atoms with E-state index in [1.54, 1.807) is 0 Å². The summed E-state index contributed by atoms with van der Waals surface area (Å²) >= 11 is 0. The molecule has 1 aromatic heterocycles. The Labute approximate surface area is 133 Å². The molecule has 1 aromatic carbocycles. The Morgan fingerprint density at radius 1 is 1.05 bits per heavy atom. The molecule has 0 unspecified atom stereocenters. The second-order valence-corrected chi connectivity index (χ2v) is 5.41. The van der Waals surface area contributed by atoms with Crippen molar-refractivity contribution in [1.29, 1.82) is 0 Å². The lowest BCUT2D eigenvalue weighted by Gasteiger charge is -2.22. The highest BCUT2D eigenvalue weighted by atomic mass is 15.3. The molecule has 0 aliphatic carbocycles. The maximum atomic E-state index is 4.68. The third kappa shape index (κ3) is 4.45. The minimum absolute atomic E-state index is 0.756. The number of hydrogen-bond acceptors (Lipinski definition) is 4. The van der Waals surface area contributed by atoms with Crippen molar-refractivity contribution < 1.29 is 0 Å². The van der Waals surface area contributed by atoms with Gasteiger partial charge in [-0.2, -0.15) is 4.98 Å². The molecule has 0 aliphatic rings. The number of benzene rings is 1. The zero-order valence-electron chi connectivity index (χ0n) is 13.8. The highest BCUT2D eigenvalue weighted by Crippen LogP contribution is 2.23. The Morgan fingerprint density at radius 2 is 1.82 bits per heavy atom. The van der Waals surface area contributed by atoms with E-state index in [0.717, 1.165) is 36.2 Å². The van der Waals surface area contributed by atoms with Crippen molar-refractivity contribution in [2.24, 2.45) is 0 Å². The first-order valence-corrected chi connectivity index (χ1v) is 8.16. The Balaban J connectivity index is 2.17. The molecule has 0 saturated carbocycles. The van der Waals surface area contributed by atoms with Gasteiger partial charge in [0, 0.05) is 30.5 Å². The van der Waals surface area contributed by atoms with Crippen molar-refractivity contribution in [3.8, 4) is 0 Å². The highest BCUT2D eigenvalue weighted by Gasteiger charge is 2.11. The summed E-state index contributed by atoms with van der Waals surface area (Å²) in [5.41, 5.74) is 2.10. The predicted molar refractivity (Wildman–Crippen MR) is 93.9 cm³/mol. The van der Waals surface area contributed by atoms with Crippen molar-refractivity contribution in [3.63, 3.8) is 0 Å². The molecule has 2 aromatic rings. The molecule has 0 amide bonds. The number of rotatable bonds is 8. The lowest BCUT2D eigenvalue weighted by molar-refractivity contribution is 0.742. The van der Waals surface area contributed by atoms with Crippen molar-refractivity contribution in [2.45, 2.75) is 40.0 Å². The van der Waals surface area contributed by atoms with Gasteiger partial charge < -0.3 is 10.2 Å². The van der Waals surface area contributed by atoms with E-state index in [0.29, 0.717) is 0 Å². The summed E-state index contributed by atoms with van der Waals surface area (Å²) < 4.78 is 0. The van der Waals surface area contributed by atoms with E-state index in [4.69, 9.17) is 0 Å². The molecule has 2 rings (SSSR count). The van der Waals surface area contributed by atoms with Gasteiger partial charge in [0.1, 0.15) is 5.82 Å². The molecular weight excluding hydrogens is 272 g/mol. The molecule has 0 fully saturated rings. The summed E-state index contributed by atoms with van der Waals surface area (Å²) in [6.45, 7) is 8.14. The first kappa shape index (κ1) is 16.3. The van der Waals surface area contributed by atoms with Crippen molar-refractivity contribution in [2.75, 3.05) is 23.3 Å². The Hall–Kier alpha value is -2.10. The largest absolute Gasteiger partial charge is 0.370 e. The number of hydrogen-bond donors (Lipinski definition) is 1. The number of aromatic nitrogens is 2. The quantitative estimate of drug-likeness (QED) is 0.726. The van der Waals surface area contributed by atoms with Crippen LogP contribution in [0, 0.1) is 6.92 Å². The summed E-state index contributed by atoms with van der Waals surface area (Å²) in [5, 5.41) is 3.41. The molecule has 1 heterocycles. The Bertz CT molecular complexity index is 569. The number of anilines is 3. The molecule has 4 nitrogen and oxygen atoms in total. The molecule has 0 atom stereocenters. The maximum absolute atomic E-state index is 4.68. The van der Waals surface area contributed by atoms with Gasteiger partial charge in [0.2, 0.25) is 5.95 Å². The van der Waals surface area contributed by atoms with Gasteiger partial charge in [-0.25, -0.2) is 4.98 Å². The van der Waals surface area contributed by atoms with E-state index in [9.17, 15) is 0 Å². The number of para-hydroxylation sites is 1. The lowest BCUT2D eigenvalue weighted by atomic mass is 10.2. The molecule has 0 saturated heterocycles. The highest BCUT2D eigenvalue weighted by molar-refractivity contribution is 5.58. The Kier molecular flexibility index (Phi) is 6.19. The minimum atomic E-state index is 0.756. The summed E-state index contributed by atoms with van der Waals surface area (Å²) in [7, 11) is 0. The normalized spacial score (nSPS) is 10.5. The molecule has 22 heavy (non-hydrogen) atoms. The van der Waals surface area contributed by atoms with Crippen molar-refractivity contribution in [3.05, 3.63) is 42.1 Å². The zero-order valence-corrected chi connectivity index (χ0v) is 13.8. The summed E-state index contributed by atoms with van der Waals surface area (Å²) in [4.78, 5) is 11.4. The SMILES string of the molecule is CCCCCNc1cc(C)nc(N(CC)c2ccccc2)n1. The third-order valence-corrected chi connectivity index (χ3v) is 3.55. The standard InChI is InChI=1S/C18H26N4/c1-4-6-10-13-19-17-14-15(3)20-18(21-17)22(5-2)16-11-8-7-9-12-16/h7-9,11-12,14H,4-6,10,13H2,1-3H3,(H,19,20,21). The van der Waals surface area contributed by atoms with Crippen LogP contribution in [0.4, 0.5) is 17.5 Å². The molecule has 0 bridgehead atoms. The molecule has 0 spiro atoms. The van der Waals surface area contributed by atoms with Gasteiger partial charge in [0.05, 0.1) is 0 Å². The van der Waals surface area contributed by atoms with Crippen LogP contribution in [-0.4, -0.2) is 23.1 Å². The second kappa shape index (κ2) is 8.37. The van der Waals surface area contributed by atoms with E-state index < -0.39 is 0 Å². The van der Waals surface area contributed by atoms with E-state index in [1.807, 2.05) is 31.2 Å². The van der Waals surface area contributed by atoms with Crippen LogP contribution in [0.3, 0.4) is 0 Å².